The molecule has 27 heavy (non-hydrogen) atoms. The monoisotopic (exact) mass is 385 g/mol. The van der Waals surface area contributed by atoms with Crippen LogP contribution >= 0.6 is 11.8 Å². The van der Waals surface area contributed by atoms with Crippen LogP contribution in [0.15, 0.2) is 59.6 Å². The molecule has 1 atom stereocenters. The third-order valence-corrected chi connectivity index (χ3v) is 5.21. The minimum Gasteiger partial charge on any atom is -0.477 e. The lowest BCUT2D eigenvalue weighted by Crippen LogP contribution is -2.41. The Bertz CT molecular complexity index is 857. The molecule has 1 saturated heterocycles. The lowest BCUT2D eigenvalue weighted by molar-refractivity contribution is -0.385. The molecule has 2 aromatic rings. The van der Waals surface area contributed by atoms with E-state index in [0.29, 0.717) is 5.17 Å². The van der Waals surface area contributed by atoms with Gasteiger partial charge in [0.05, 0.1) is 10.6 Å². The van der Waals surface area contributed by atoms with Crippen LogP contribution in [0.1, 0.15) is 13.3 Å². The number of amidine groups is 1. The van der Waals surface area contributed by atoms with Gasteiger partial charge in [0.2, 0.25) is 0 Å². The number of thioether (sulfide) groups is 1. The number of nitro groups is 1. The minimum atomic E-state index is -0.525. The minimum absolute atomic E-state index is 0.0271. The first-order chi connectivity index (χ1) is 13.1. The normalized spacial score (nSPS) is 17.9. The summed E-state index contributed by atoms with van der Waals surface area (Å²) in [5.41, 5.74) is 0.612. The van der Waals surface area contributed by atoms with Gasteiger partial charge in [0.25, 0.3) is 5.91 Å². The van der Waals surface area contributed by atoms with E-state index in [1.807, 2.05) is 37.3 Å². The number of para-hydroxylation sites is 3. The zero-order chi connectivity index (χ0) is 19.2. The predicted octanol–water partition coefficient (Wildman–Crippen LogP) is 4.02. The van der Waals surface area contributed by atoms with E-state index in [0.717, 1.165) is 17.9 Å². The summed E-state index contributed by atoms with van der Waals surface area (Å²) in [4.78, 5) is 29.6. The Morgan fingerprint density at radius 2 is 1.96 bits per heavy atom. The molecule has 1 amide bonds. The zero-order valence-electron chi connectivity index (χ0n) is 14.8. The van der Waals surface area contributed by atoms with Crippen LogP contribution in [0.25, 0.3) is 0 Å². The van der Waals surface area contributed by atoms with Gasteiger partial charge in [-0.15, -0.1) is 0 Å². The van der Waals surface area contributed by atoms with Gasteiger partial charge in [0.15, 0.2) is 17.5 Å². The Morgan fingerprint density at radius 1 is 1.26 bits per heavy atom. The van der Waals surface area contributed by atoms with Gasteiger partial charge in [0, 0.05) is 17.9 Å². The number of ether oxygens (including phenoxy) is 1. The van der Waals surface area contributed by atoms with Crippen molar-refractivity contribution >= 4 is 34.2 Å². The van der Waals surface area contributed by atoms with E-state index in [2.05, 4.69) is 4.99 Å². The van der Waals surface area contributed by atoms with E-state index in [4.69, 9.17) is 4.74 Å². The highest BCUT2D eigenvalue weighted by molar-refractivity contribution is 8.14. The number of carbonyl (C=O) groups excluding carboxylic acids is 1. The molecule has 0 aliphatic carbocycles. The molecule has 2 aromatic carbocycles. The van der Waals surface area contributed by atoms with Gasteiger partial charge in [-0.3, -0.25) is 19.8 Å². The van der Waals surface area contributed by atoms with Gasteiger partial charge in [-0.1, -0.05) is 49.0 Å². The molecule has 1 aliphatic rings. The summed E-state index contributed by atoms with van der Waals surface area (Å²) in [6.07, 6.45) is 0.790. The number of amides is 1. The number of carbonyl (C=O) groups is 1. The van der Waals surface area contributed by atoms with Crippen LogP contribution in [0.4, 0.5) is 11.4 Å². The second-order valence-electron chi connectivity index (χ2n) is 5.88. The maximum Gasteiger partial charge on any atom is 0.310 e. The Hall–Kier alpha value is -2.87. The lowest BCUT2D eigenvalue weighted by Gasteiger charge is -2.23. The van der Waals surface area contributed by atoms with Gasteiger partial charge in [-0.25, -0.2) is 4.99 Å². The van der Waals surface area contributed by atoms with Crippen molar-refractivity contribution in [2.45, 2.75) is 19.4 Å². The second kappa shape index (κ2) is 8.68. The fourth-order valence-corrected chi connectivity index (χ4v) is 4.01. The van der Waals surface area contributed by atoms with Gasteiger partial charge < -0.3 is 4.74 Å². The number of nitro benzene ring substituents is 1. The average molecular weight is 385 g/mol. The molecule has 1 fully saturated rings. The number of nitrogens with zero attached hydrogens (tertiary/aromatic N) is 3. The molecule has 7 nitrogen and oxygen atoms in total. The molecule has 0 N–H and O–H groups in total. The Morgan fingerprint density at radius 3 is 2.67 bits per heavy atom. The van der Waals surface area contributed by atoms with Crippen LogP contribution in [0.3, 0.4) is 0 Å². The molecule has 0 spiro atoms. The number of benzene rings is 2. The SMILES string of the molecule is CC[C@H]1CSC(=Nc2ccccc2)N1C(=O)COc1ccccc1[N+](=O)[O-]. The first kappa shape index (κ1) is 18.9. The van der Waals surface area contributed by atoms with Crippen LogP contribution in [-0.2, 0) is 4.79 Å². The van der Waals surface area contributed by atoms with E-state index in [1.165, 1.54) is 23.9 Å². The van der Waals surface area contributed by atoms with Gasteiger partial charge >= 0.3 is 5.69 Å². The molecule has 3 rings (SSSR count). The number of aliphatic imine (C=N–C) groups is 1. The smallest absolute Gasteiger partial charge is 0.310 e. The number of hydrogen-bond donors (Lipinski definition) is 0. The topological polar surface area (TPSA) is 85.0 Å². The second-order valence-corrected chi connectivity index (χ2v) is 6.87. The number of rotatable bonds is 6. The van der Waals surface area contributed by atoms with Crippen molar-refractivity contribution in [3.8, 4) is 5.75 Å². The van der Waals surface area contributed by atoms with E-state index < -0.39 is 4.92 Å². The van der Waals surface area contributed by atoms with Crippen molar-refractivity contribution in [3.05, 3.63) is 64.7 Å². The molecular weight excluding hydrogens is 366 g/mol. The predicted molar refractivity (Wildman–Crippen MR) is 106 cm³/mol. The van der Waals surface area contributed by atoms with Gasteiger partial charge in [-0.2, -0.15) is 0 Å². The average Bonchev–Trinajstić information content (AvgIpc) is 3.09. The van der Waals surface area contributed by atoms with Crippen LogP contribution < -0.4 is 4.74 Å². The molecule has 1 aliphatic heterocycles. The van der Waals surface area contributed by atoms with Crippen LogP contribution in [-0.4, -0.2) is 39.3 Å². The van der Waals surface area contributed by atoms with E-state index in [9.17, 15) is 14.9 Å². The maximum absolute atomic E-state index is 12.8. The summed E-state index contributed by atoms with van der Waals surface area (Å²) < 4.78 is 5.47. The molecule has 0 radical (unpaired) electrons. The number of hydrogen-bond acceptors (Lipinski definition) is 6. The van der Waals surface area contributed by atoms with Crippen molar-refractivity contribution in [3.63, 3.8) is 0 Å². The largest absolute Gasteiger partial charge is 0.477 e. The zero-order valence-corrected chi connectivity index (χ0v) is 15.6. The molecule has 8 heteroatoms. The molecule has 0 bridgehead atoms. The van der Waals surface area contributed by atoms with Crippen LogP contribution in [0.2, 0.25) is 0 Å². The van der Waals surface area contributed by atoms with Crippen molar-refractivity contribution < 1.29 is 14.5 Å². The summed E-state index contributed by atoms with van der Waals surface area (Å²) in [6, 6.07) is 15.5. The highest BCUT2D eigenvalue weighted by Gasteiger charge is 2.34. The summed E-state index contributed by atoms with van der Waals surface area (Å²) >= 11 is 1.53. The van der Waals surface area contributed by atoms with Crippen LogP contribution in [0.5, 0.6) is 5.75 Å². The van der Waals surface area contributed by atoms with Gasteiger partial charge in [0.1, 0.15) is 0 Å². The summed E-state index contributed by atoms with van der Waals surface area (Å²) in [5.74, 6) is 0.580. The third kappa shape index (κ3) is 4.46. The standard InChI is InChI=1S/C19H19N3O4S/c1-2-15-13-27-19(20-14-8-4-3-5-9-14)21(15)18(23)12-26-17-11-7-6-10-16(17)22(24)25/h3-11,15H,2,12-13H2,1H3/t15-/m0/s1. The van der Waals surface area contributed by atoms with Gasteiger partial charge in [-0.05, 0) is 24.6 Å². The van der Waals surface area contributed by atoms with E-state index in [-0.39, 0.29) is 30.0 Å². The molecule has 0 unspecified atom stereocenters. The van der Waals surface area contributed by atoms with Crippen LogP contribution in [0, 0.1) is 10.1 Å². The van der Waals surface area contributed by atoms with Crippen molar-refractivity contribution in [1.29, 1.82) is 0 Å². The summed E-state index contributed by atoms with van der Waals surface area (Å²) in [6.45, 7) is 1.73. The fraction of sp³-hybridized carbons (Fsp3) is 0.263. The Balaban J connectivity index is 1.77. The molecule has 0 aromatic heterocycles. The summed E-state index contributed by atoms with van der Waals surface area (Å²) in [7, 11) is 0. The van der Waals surface area contributed by atoms with E-state index >= 15 is 0 Å². The lowest BCUT2D eigenvalue weighted by atomic mass is 10.2. The molecule has 0 saturated carbocycles. The van der Waals surface area contributed by atoms with Crippen molar-refractivity contribution in [2.24, 2.45) is 4.99 Å². The Labute approximate surface area is 161 Å². The highest BCUT2D eigenvalue weighted by atomic mass is 32.2. The summed E-state index contributed by atoms with van der Waals surface area (Å²) in [5, 5.41) is 11.7. The van der Waals surface area contributed by atoms with Crippen molar-refractivity contribution in [1.82, 2.24) is 4.90 Å². The Kier molecular flexibility index (Phi) is 6.08. The quantitative estimate of drug-likeness (QED) is 0.554. The molecule has 1 heterocycles. The van der Waals surface area contributed by atoms with Crippen molar-refractivity contribution in [2.75, 3.05) is 12.4 Å². The first-order valence-corrected chi connectivity index (χ1v) is 9.53. The molecular formula is C19H19N3O4S. The fourth-order valence-electron chi connectivity index (χ4n) is 2.72. The first-order valence-electron chi connectivity index (χ1n) is 8.55. The third-order valence-electron chi connectivity index (χ3n) is 4.11. The maximum atomic E-state index is 12.8. The molecule has 140 valence electrons. The highest BCUT2D eigenvalue weighted by Crippen LogP contribution is 2.30. The van der Waals surface area contributed by atoms with E-state index in [1.54, 1.807) is 17.0 Å².